The molecule has 0 saturated heterocycles. The average Bonchev–Trinajstić information content (AvgIpc) is 3.91. The van der Waals surface area contributed by atoms with Crippen LogP contribution in [0.1, 0.15) is 36.5 Å². The minimum atomic E-state index is -4.83. The number of aromatic nitrogens is 3. The Kier molecular flexibility index (Phi) is 14.0. The highest BCUT2D eigenvalue weighted by molar-refractivity contribution is 7.99. The number of nitrogens with zero attached hydrogens (tertiary/aromatic N) is 10. The number of fused-ring (bicyclic) bond motifs is 6. The number of thioether (sulfide) groups is 1. The van der Waals surface area contributed by atoms with E-state index in [4.69, 9.17) is 16.3 Å². The number of aryl methyl sites for hydroxylation is 1. The van der Waals surface area contributed by atoms with E-state index in [9.17, 15) is 49.3 Å². The summed E-state index contributed by atoms with van der Waals surface area (Å²) in [7, 11) is -13.7. The lowest BCUT2D eigenvalue weighted by Crippen LogP contribution is -2.04. The topological polar surface area (TPSA) is 321 Å². The number of nitriles is 1. The molecule has 4 N–H and O–H groups in total. The number of para-hydroxylation sites is 2. The smallest absolute Gasteiger partial charge is 0.296 e. The molecule has 8 aromatic rings. The van der Waals surface area contributed by atoms with Crippen molar-refractivity contribution in [1.29, 1.82) is 5.26 Å². The molecule has 0 aliphatic heterocycles. The molecule has 0 aliphatic carbocycles. The van der Waals surface area contributed by atoms with E-state index in [-0.39, 0.29) is 95.5 Å². The van der Waals surface area contributed by atoms with Gasteiger partial charge in [0.1, 0.15) is 39.2 Å². The molecule has 3 aromatic heterocycles. The van der Waals surface area contributed by atoms with Gasteiger partial charge in [-0.25, -0.2) is 9.97 Å². The molecule has 3 heterocycles. The van der Waals surface area contributed by atoms with Gasteiger partial charge in [0.15, 0.2) is 11.3 Å². The number of aromatic hydroxyl groups is 1. The largest absolute Gasteiger partial charge is 0.493 e. The van der Waals surface area contributed by atoms with Gasteiger partial charge in [-0.15, -0.1) is 42.4 Å². The van der Waals surface area contributed by atoms with Crippen molar-refractivity contribution in [2.75, 3.05) is 18.1 Å². The van der Waals surface area contributed by atoms with E-state index in [1.54, 1.807) is 50.2 Å². The van der Waals surface area contributed by atoms with Crippen LogP contribution in [0, 0.1) is 25.2 Å². The first-order valence-electron chi connectivity index (χ1n) is 20.4. The number of imidazole rings is 1. The average molecular weight is 1060 g/mol. The lowest BCUT2D eigenvalue weighted by Gasteiger charge is -2.11. The number of hydrogen-bond donors (Lipinski definition) is 4. The van der Waals surface area contributed by atoms with Crippen LogP contribution in [0.3, 0.4) is 0 Å². The second-order valence-electron chi connectivity index (χ2n) is 15.2. The monoisotopic (exact) mass is 1060 g/mol. The number of azo groups is 3. The molecule has 360 valence electrons. The van der Waals surface area contributed by atoms with Gasteiger partial charge in [0, 0.05) is 21.9 Å². The summed E-state index contributed by atoms with van der Waals surface area (Å²) >= 11 is 8.77. The van der Waals surface area contributed by atoms with Gasteiger partial charge in [0.05, 0.1) is 49.4 Å². The van der Waals surface area contributed by atoms with Crippen LogP contribution in [0.5, 0.6) is 11.6 Å². The number of thiazole rings is 1. The highest BCUT2D eigenvalue weighted by Gasteiger charge is 2.24. The van der Waals surface area contributed by atoms with Gasteiger partial charge in [0.25, 0.3) is 30.4 Å². The molecule has 70 heavy (non-hydrogen) atoms. The summed E-state index contributed by atoms with van der Waals surface area (Å²) < 4.78 is 108. The Hall–Kier alpha value is -6.54. The lowest BCUT2D eigenvalue weighted by molar-refractivity contribution is 0.318. The number of hydrogen-bond acceptors (Lipinski definition) is 19. The van der Waals surface area contributed by atoms with E-state index in [0.29, 0.717) is 39.2 Å². The molecule has 0 spiro atoms. The van der Waals surface area contributed by atoms with Gasteiger partial charge in [-0.3, -0.25) is 18.1 Å². The minimum Gasteiger partial charge on any atom is -0.493 e. The van der Waals surface area contributed by atoms with E-state index in [1.165, 1.54) is 34.4 Å². The molecule has 0 atom stereocenters. The maximum Gasteiger partial charge on any atom is 0.296 e. The Morgan fingerprint density at radius 2 is 1.57 bits per heavy atom. The third-order valence-corrected chi connectivity index (χ3v) is 15.3. The quantitative estimate of drug-likeness (QED) is 0.0302. The summed E-state index contributed by atoms with van der Waals surface area (Å²) in [5.41, 5.74) is 3.12. The third-order valence-electron chi connectivity index (χ3n) is 10.4. The van der Waals surface area contributed by atoms with Crippen molar-refractivity contribution in [1.82, 2.24) is 14.4 Å². The first-order chi connectivity index (χ1) is 33.1. The van der Waals surface area contributed by atoms with Crippen molar-refractivity contribution in [2.45, 2.75) is 48.3 Å². The van der Waals surface area contributed by atoms with Crippen molar-refractivity contribution in [3.05, 3.63) is 94.5 Å². The van der Waals surface area contributed by atoms with Crippen LogP contribution in [-0.2, 0) is 30.4 Å². The number of pyridine rings is 1. The van der Waals surface area contributed by atoms with Crippen LogP contribution in [0.4, 0.5) is 33.6 Å². The maximum absolute atomic E-state index is 12.4. The Balaban J connectivity index is 1.15. The van der Waals surface area contributed by atoms with Gasteiger partial charge in [-0.05, 0) is 91.9 Å². The predicted octanol–water partition coefficient (Wildman–Crippen LogP) is 12.0. The molecule has 27 heteroatoms. The Morgan fingerprint density at radius 1 is 0.843 bits per heavy atom. The molecular weight excluding hydrogens is 1030 g/mol. The summed E-state index contributed by atoms with van der Waals surface area (Å²) in [5.74, 6) is -0.380. The molecule has 0 fully saturated rings. The second-order valence-corrected chi connectivity index (χ2v) is 22.1. The minimum absolute atomic E-state index is 0.0138. The molecule has 0 saturated carbocycles. The number of halogens is 1. The second kappa shape index (κ2) is 19.7. The third kappa shape index (κ3) is 10.5. The molecular formula is C43H35ClN10O11S5. The summed E-state index contributed by atoms with van der Waals surface area (Å²) in [6.45, 7) is 5.47. The van der Waals surface area contributed by atoms with E-state index >= 15 is 0 Å². The van der Waals surface area contributed by atoms with E-state index in [1.807, 2.05) is 6.92 Å². The summed E-state index contributed by atoms with van der Waals surface area (Å²) in [4.78, 5) is 8.24. The first-order valence-corrected chi connectivity index (χ1v) is 27.1. The maximum atomic E-state index is 12.4. The summed E-state index contributed by atoms with van der Waals surface area (Å²) in [6.07, 6.45) is 0.672. The standard InChI is InChI=1S/C43H35ClN10O11S5/c1-4-12-65-35-19-31(49-52-38-23(3)27(21-45)41-46-29-8-5-6-9-34(29)54(41)42(38)55)28(44)18-32(35)50-51-33-15-22(2)30(20-36(33)66-13-7-14-68(56,57)58)48-53-43-47-39-37(70(62,63)64)16-24-10-11-25(69(59,60)61)17-26(24)40(39)67-43/h5-6,8-11,15-20,55H,4,7,12-14H2,1-3H3,(H,56,57,58)(H,59,60,61)(H,62,63,64). The van der Waals surface area contributed by atoms with Crippen molar-refractivity contribution >= 4 is 136 Å². The lowest BCUT2D eigenvalue weighted by atomic mass is 10.1. The fourth-order valence-electron chi connectivity index (χ4n) is 7.06. The Bertz CT molecular complexity index is 3950. The van der Waals surface area contributed by atoms with E-state index < -0.39 is 45.9 Å². The Morgan fingerprint density at radius 3 is 2.29 bits per heavy atom. The Labute approximate surface area is 411 Å². The summed E-state index contributed by atoms with van der Waals surface area (Å²) in [5, 5.41) is 48.2. The van der Waals surface area contributed by atoms with Crippen LogP contribution in [0.25, 0.3) is 37.7 Å². The summed E-state index contributed by atoms with van der Waals surface area (Å²) in [6, 6.07) is 20.0. The SMILES string of the molecule is CCCOc1cc(N=Nc2c(C)c(C#N)c3nc4ccccc4n3c2O)c(Cl)cc1N=Nc1cc(C)c(N=Nc2nc3c(S(=O)(=O)O)cc4ccc(S(=O)(=O)O)cc4c3s2)cc1SCCCS(=O)(=O)O. The molecule has 0 bridgehead atoms. The van der Waals surface area contributed by atoms with Crippen LogP contribution >= 0.6 is 34.7 Å². The number of ether oxygens (including phenoxy) is 1. The van der Waals surface area contributed by atoms with Gasteiger partial charge >= 0.3 is 0 Å². The van der Waals surface area contributed by atoms with Crippen LogP contribution in [0.15, 0.2) is 118 Å². The zero-order chi connectivity index (χ0) is 50.3. The molecule has 8 rings (SSSR count). The zero-order valence-corrected chi connectivity index (χ0v) is 41.3. The molecule has 5 aromatic carbocycles. The molecule has 21 nitrogen and oxygen atoms in total. The van der Waals surface area contributed by atoms with Gasteiger partial charge < -0.3 is 9.84 Å². The number of benzene rings is 5. The van der Waals surface area contributed by atoms with Gasteiger partial charge in [-0.1, -0.05) is 48.1 Å². The van der Waals surface area contributed by atoms with Gasteiger partial charge in [0.2, 0.25) is 11.0 Å². The van der Waals surface area contributed by atoms with Crippen molar-refractivity contribution in [2.24, 2.45) is 30.7 Å². The fourth-order valence-corrected chi connectivity index (χ4v) is 11.1. The van der Waals surface area contributed by atoms with Crippen LogP contribution < -0.4 is 4.74 Å². The molecule has 0 radical (unpaired) electrons. The van der Waals surface area contributed by atoms with Crippen LogP contribution in [-0.4, -0.2) is 76.5 Å². The van der Waals surface area contributed by atoms with Crippen molar-refractivity contribution in [3.63, 3.8) is 0 Å². The molecule has 0 aliphatic rings. The van der Waals surface area contributed by atoms with Crippen molar-refractivity contribution in [3.8, 4) is 17.7 Å². The van der Waals surface area contributed by atoms with Crippen molar-refractivity contribution < 1.29 is 48.8 Å². The van der Waals surface area contributed by atoms with E-state index in [0.717, 1.165) is 29.5 Å². The fraction of sp³-hybridized carbons (Fsp3) is 0.186. The van der Waals surface area contributed by atoms with Gasteiger partial charge in [-0.2, -0.15) is 30.5 Å². The van der Waals surface area contributed by atoms with Crippen LogP contribution in [0.2, 0.25) is 5.02 Å². The highest BCUT2D eigenvalue weighted by atomic mass is 35.5. The zero-order valence-electron chi connectivity index (χ0n) is 36.5. The molecule has 0 unspecified atom stereocenters. The predicted molar refractivity (Wildman–Crippen MR) is 263 cm³/mol. The number of rotatable bonds is 16. The van der Waals surface area contributed by atoms with E-state index in [2.05, 4.69) is 46.7 Å². The first kappa shape index (κ1) is 49.9. The molecule has 0 amide bonds. The normalized spacial score (nSPS) is 12.8. The highest BCUT2D eigenvalue weighted by Crippen LogP contribution is 2.45.